The van der Waals surface area contributed by atoms with Crippen LogP contribution in [-0.2, 0) is 4.79 Å². The third-order valence-electron chi connectivity index (χ3n) is 3.60. The van der Waals surface area contributed by atoms with Crippen molar-refractivity contribution in [1.29, 1.82) is 0 Å². The van der Waals surface area contributed by atoms with Crippen molar-refractivity contribution in [2.24, 2.45) is 0 Å². The average Bonchev–Trinajstić information content (AvgIpc) is 2.83. The van der Waals surface area contributed by atoms with E-state index in [1.807, 2.05) is 30.9 Å². The summed E-state index contributed by atoms with van der Waals surface area (Å²) >= 11 is 0. The number of amides is 1. The summed E-state index contributed by atoms with van der Waals surface area (Å²) in [6.45, 7) is 7.86. The molecule has 0 spiro atoms. The second kappa shape index (κ2) is 6.21. The number of aryl methyl sites for hydroxylation is 1. The highest BCUT2D eigenvalue weighted by atomic mass is 16.3. The number of nitrogens with one attached hydrogen (secondary N) is 1. The van der Waals surface area contributed by atoms with Gasteiger partial charge in [-0.15, -0.1) is 0 Å². The van der Waals surface area contributed by atoms with Crippen LogP contribution in [-0.4, -0.2) is 55.5 Å². The lowest BCUT2D eigenvalue weighted by Crippen LogP contribution is -2.49. The molecular formula is C14H23N3O2. The van der Waals surface area contributed by atoms with Gasteiger partial charge in [0.15, 0.2) is 0 Å². The van der Waals surface area contributed by atoms with Crippen molar-refractivity contribution in [3.63, 3.8) is 0 Å². The zero-order chi connectivity index (χ0) is 13.8. The fourth-order valence-corrected chi connectivity index (χ4v) is 2.19. The minimum absolute atomic E-state index is 0.0603. The molecule has 0 radical (unpaired) electrons. The molecule has 5 nitrogen and oxygen atoms in total. The van der Waals surface area contributed by atoms with Gasteiger partial charge < -0.3 is 14.2 Å². The van der Waals surface area contributed by atoms with Crippen LogP contribution in [0.3, 0.4) is 0 Å². The van der Waals surface area contributed by atoms with Gasteiger partial charge in [-0.25, -0.2) is 0 Å². The van der Waals surface area contributed by atoms with Crippen molar-refractivity contribution in [3.8, 4) is 0 Å². The van der Waals surface area contributed by atoms with Crippen molar-refractivity contribution >= 4 is 5.91 Å². The molecule has 19 heavy (non-hydrogen) atoms. The molecular weight excluding hydrogens is 242 g/mol. The molecule has 1 atom stereocenters. The Bertz CT molecular complexity index is 422. The third kappa shape index (κ3) is 3.81. The van der Waals surface area contributed by atoms with Gasteiger partial charge in [-0.1, -0.05) is 0 Å². The van der Waals surface area contributed by atoms with E-state index in [4.69, 9.17) is 4.42 Å². The molecule has 5 heteroatoms. The summed E-state index contributed by atoms with van der Waals surface area (Å²) < 4.78 is 5.54. The second-order valence-corrected chi connectivity index (χ2v) is 5.24. The van der Waals surface area contributed by atoms with Crippen LogP contribution in [0.1, 0.15) is 24.5 Å². The molecule has 0 aliphatic carbocycles. The van der Waals surface area contributed by atoms with Crippen LogP contribution in [0.2, 0.25) is 0 Å². The first-order valence-corrected chi connectivity index (χ1v) is 6.82. The molecule has 1 aliphatic rings. The molecule has 2 rings (SSSR count). The van der Waals surface area contributed by atoms with Crippen LogP contribution >= 0.6 is 0 Å². The molecule has 1 saturated heterocycles. The molecule has 1 amide bonds. The number of rotatable bonds is 4. The van der Waals surface area contributed by atoms with Crippen molar-refractivity contribution < 1.29 is 9.21 Å². The first kappa shape index (κ1) is 14.1. The topological polar surface area (TPSA) is 48.7 Å². The van der Waals surface area contributed by atoms with Gasteiger partial charge in [0.2, 0.25) is 5.91 Å². The highest BCUT2D eigenvalue weighted by Gasteiger charge is 2.19. The van der Waals surface area contributed by atoms with Crippen LogP contribution in [0.5, 0.6) is 0 Å². The minimum Gasteiger partial charge on any atom is -0.465 e. The van der Waals surface area contributed by atoms with E-state index in [1.165, 1.54) is 0 Å². The summed E-state index contributed by atoms with van der Waals surface area (Å²) in [7, 11) is 2.08. The summed E-state index contributed by atoms with van der Waals surface area (Å²) in [5.41, 5.74) is 0. The summed E-state index contributed by atoms with van der Waals surface area (Å²) in [5.74, 6) is 1.95. The van der Waals surface area contributed by atoms with Crippen LogP contribution < -0.4 is 5.32 Å². The van der Waals surface area contributed by atoms with Gasteiger partial charge >= 0.3 is 0 Å². The van der Waals surface area contributed by atoms with E-state index >= 15 is 0 Å². The highest BCUT2D eigenvalue weighted by Crippen LogP contribution is 2.15. The van der Waals surface area contributed by atoms with E-state index in [1.54, 1.807) is 0 Å². The SMILES string of the molecule is Cc1ccc(C(C)NCC(=O)N2CCN(C)CC2)o1. The largest absolute Gasteiger partial charge is 0.465 e. The molecule has 1 aromatic rings. The first-order valence-electron chi connectivity index (χ1n) is 6.82. The predicted molar refractivity (Wildman–Crippen MR) is 73.9 cm³/mol. The maximum absolute atomic E-state index is 12.1. The van der Waals surface area contributed by atoms with Crippen LogP contribution in [0.25, 0.3) is 0 Å². The number of piperazine rings is 1. The zero-order valence-electron chi connectivity index (χ0n) is 12.0. The smallest absolute Gasteiger partial charge is 0.236 e. The van der Waals surface area contributed by atoms with Gasteiger partial charge in [-0.2, -0.15) is 0 Å². The lowest BCUT2D eigenvalue weighted by Gasteiger charge is -2.32. The Morgan fingerprint density at radius 2 is 2.05 bits per heavy atom. The molecule has 1 fully saturated rings. The van der Waals surface area contributed by atoms with Crippen LogP contribution in [0.15, 0.2) is 16.5 Å². The molecule has 1 aromatic heterocycles. The number of carbonyl (C=O) groups is 1. The quantitative estimate of drug-likeness (QED) is 0.883. The van der Waals surface area contributed by atoms with Gasteiger partial charge in [0.05, 0.1) is 12.6 Å². The lowest BCUT2D eigenvalue weighted by molar-refractivity contribution is -0.131. The molecule has 1 aliphatic heterocycles. The molecule has 106 valence electrons. The molecule has 2 heterocycles. The maximum Gasteiger partial charge on any atom is 0.236 e. The number of nitrogens with zero attached hydrogens (tertiary/aromatic N) is 2. The molecule has 0 saturated carbocycles. The average molecular weight is 265 g/mol. The Labute approximate surface area is 114 Å². The molecule has 1 N–H and O–H groups in total. The molecule has 0 aromatic carbocycles. The fraction of sp³-hybridized carbons (Fsp3) is 0.643. The number of carbonyl (C=O) groups excluding carboxylic acids is 1. The highest BCUT2D eigenvalue weighted by molar-refractivity contribution is 5.78. The Balaban J connectivity index is 1.77. The molecule has 1 unspecified atom stereocenters. The third-order valence-corrected chi connectivity index (χ3v) is 3.60. The Hall–Kier alpha value is -1.33. The van der Waals surface area contributed by atoms with Crippen molar-refractivity contribution in [2.45, 2.75) is 19.9 Å². The van der Waals surface area contributed by atoms with Gasteiger partial charge in [0, 0.05) is 26.2 Å². The normalized spacial score (nSPS) is 18.6. The summed E-state index contributed by atoms with van der Waals surface area (Å²) in [4.78, 5) is 16.2. The predicted octanol–water partition coefficient (Wildman–Crippen LogP) is 1.01. The van der Waals surface area contributed by atoms with Crippen LogP contribution in [0.4, 0.5) is 0 Å². The summed E-state index contributed by atoms with van der Waals surface area (Å²) in [6.07, 6.45) is 0. The monoisotopic (exact) mass is 265 g/mol. The van der Waals surface area contributed by atoms with E-state index in [9.17, 15) is 4.79 Å². The number of hydrogen-bond donors (Lipinski definition) is 1. The van der Waals surface area contributed by atoms with E-state index in [2.05, 4.69) is 17.3 Å². The fourth-order valence-electron chi connectivity index (χ4n) is 2.19. The van der Waals surface area contributed by atoms with Crippen LogP contribution in [0, 0.1) is 6.92 Å². The number of hydrogen-bond acceptors (Lipinski definition) is 4. The standard InChI is InChI=1S/C14H23N3O2/c1-11-4-5-13(19-11)12(2)15-10-14(18)17-8-6-16(3)7-9-17/h4-5,12,15H,6-10H2,1-3H3. The summed E-state index contributed by atoms with van der Waals surface area (Å²) in [5, 5.41) is 3.22. The van der Waals surface area contributed by atoms with E-state index in [0.29, 0.717) is 6.54 Å². The Kier molecular flexibility index (Phi) is 4.61. The minimum atomic E-state index is 0.0603. The van der Waals surface area contributed by atoms with Crippen molar-refractivity contribution in [1.82, 2.24) is 15.1 Å². The van der Waals surface area contributed by atoms with E-state index in [0.717, 1.165) is 37.7 Å². The van der Waals surface area contributed by atoms with Gasteiger partial charge in [0.25, 0.3) is 0 Å². The number of likely N-dealkylation sites (N-methyl/N-ethyl adjacent to an activating group) is 1. The zero-order valence-corrected chi connectivity index (χ0v) is 12.0. The number of furan rings is 1. The van der Waals surface area contributed by atoms with E-state index < -0.39 is 0 Å². The van der Waals surface area contributed by atoms with Gasteiger partial charge in [-0.3, -0.25) is 10.1 Å². The van der Waals surface area contributed by atoms with Crippen molar-refractivity contribution in [3.05, 3.63) is 23.7 Å². The van der Waals surface area contributed by atoms with Crippen molar-refractivity contribution in [2.75, 3.05) is 39.8 Å². The Morgan fingerprint density at radius 3 is 2.63 bits per heavy atom. The van der Waals surface area contributed by atoms with Gasteiger partial charge in [-0.05, 0) is 33.0 Å². The maximum atomic E-state index is 12.1. The second-order valence-electron chi connectivity index (χ2n) is 5.24. The lowest BCUT2D eigenvalue weighted by atomic mass is 10.2. The van der Waals surface area contributed by atoms with E-state index in [-0.39, 0.29) is 11.9 Å². The Morgan fingerprint density at radius 1 is 1.37 bits per heavy atom. The summed E-state index contributed by atoms with van der Waals surface area (Å²) in [6, 6.07) is 3.95. The first-order chi connectivity index (χ1) is 9.06. The van der Waals surface area contributed by atoms with Gasteiger partial charge in [0.1, 0.15) is 11.5 Å². The molecule has 0 bridgehead atoms.